The van der Waals surface area contributed by atoms with Crippen molar-refractivity contribution in [1.82, 2.24) is 9.97 Å². The molecule has 0 spiro atoms. The average Bonchev–Trinajstić information content (AvgIpc) is 2.32. The standard InChI is InChI=1S/C11H7ClIN3O/c12-9-3-4-14-6-8(9)11(17)16-10-2-1-7(13)5-15-10/h1-6H,(H,15,16,17). The molecule has 0 aliphatic heterocycles. The summed E-state index contributed by atoms with van der Waals surface area (Å²) in [6.07, 6.45) is 4.62. The molecule has 2 aromatic heterocycles. The van der Waals surface area contributed by atoms with Crippen LogP contribution in [0.5, 0.6) is 0 Å². The average molecular weight is 360 g/mol. The number of nitrogens with zero attached hydrogens (tertiary/aromatic N) is 2. The van der Waals surface area contributed by atoms with Crippen molar-refractivity contribution in [1.29, 1.82) is 0 Å². The molecule has 0 atom stereocenters. The molecular weight excluding hydrogens is 352 g/mol. The molecule has 2 aromatic rings. The van der Waals surface area contributed by atoms with Gasteiger partial charge in [-0.15, -0.1) is 0 Å². The smallest absolute Gasteiger partial charge is 0.259 e. The van der Waals surface area contributed by atoms with Crippen molar-refractivity contribution in [2.24, 2.45) is 0 Å². The van der Waals surface area contributed by atoms with E-state index in [2.05, 4.69) is 37.9 Å². The summed E-state index contributed by atoms with van der Waals surface area (Å²) in [6, 6.07) is 5.15. The number of hydrogen-bond donors (Lipinski definition) is 1. The molecule has 0 radical (unpaired) electrons. The fraction of sp³-hybridized carbons (Fsp3) is 0. The predicted molar refractivity (Wildman–Crippen MR) is 74.2 cm³/mol. The Morgan fingerprint density at radius 3 is 2.76 bits per heavy atom. The number of carbonyl (C=O) groups is 1. The summed E-state index contributed by atoms with van der Waals surface area (Å²) in [5.74, 6) is 0.159. The van der Waals surface area contributed by atoms with Crippen molar-refractivity contribution in [3.8, 4) is 0 Å². The van der Waals surface area contributed by atoms with Crippen LogP contribution in [0, 0.1) is 3.57 Å². The minimum Gasteiger partial charge on any atom is -0.306 e. The molecule has 0 unspecified atom stereocenters. The lowest BCUT2D eigenvalue weighted by Gasteiger charge is -2.05. The Bertz CT molecular complexity index is 545. The van der Waals surface area contributed by atoms with Gasteiger partial charge in [-0.2, -0.15) is 0 Å². The number of anilines is 1. The number of rotatable bonds is 2. The maximum Gasteiger partial charge on any atom is 0.259 e. The molecule has 0 fully saturated rings. The fourth-order valence-electron chi connectivity index (χ4n) is 1.18. The Kier molecular flexibility index (Phi) is 3.90. The number of halogens is 2. The summed E-state index contributed by atoms with van der Waals surface area (Å²) >= 11 is 8.03. The van der Waals surface area contributed by atoms with Crippen molar-refractivity contribution < 1.29 is 4.79 Å². The van der Waals surface area contributed by atoms with Crippen molar-refractivity contribution >= 4 is 45.9 Å². The summed E-state index contributed by atoms with van der Waals surface area (Å²) in [5.41, 5.74) is 0.328. The van der Waals surface area contributed by atoms with E-state index in [4.69, 9.17) is 11.6 Å². The van der Waals surface area contributed by atoms with Gasteiger partial charge in [0.25, 0.3) is 5.91 Å². The van der Waals surface area contributed by atoms with E-state index in [9.17, 15) is 4.79 Å². The first kappa shape index (κ1) is 12.3. The molecule has 17 heavy (non-hydrogen) atoms. The second-order valence-corrected chi connectivity index (χ2v) is 4.82. The zero-order valence-corrected chi connectivity index (χ0v) is 11.4. The van der Waals surface area contributed by atoms with Gasteiger partial charge in [0.2, 0.25) is 0 Å². The van der Waals surface area contributed by atoms with Crippen molar-refractivity contribution in [3.05, 3.63) is 50.9 Å². The van der Waals surface area contributed by atoms with Crippen LogP contribution in [0.4, 0.5) is 5.82 Å². The molecule has 1 amide bonds. The number of amides is 1. The van der Waals surface area contributed by atoms with Gasteiger partial charge in [-0.1, -0.05) is 11.6 Å². The van der Waals surface area contributed by atoms with E-state index in [1.165, 1.54) is 12.4 Å². The van der Waals surface area contributed by atoms with Crippen molar-refractivity contribution in [3.63, 3.8) is 0 Å². The number of pyridine rings is 2. The van der Waals surface area contributed by atoms with Crippen LogP contribution >= 0.6 is 34.2 Å². The third kappa shape index (κ3) is 3.13. The topological polar surface area (TPSA) is 54.9 Å². The number of carbonyl (C=O) groups excluding carboxylic acids is 1. The van der Waals surface area contributed by atoms with Crippen LogP contribution in [0.25, 0.3) is 0 Å². The lowest BCUT2D eigenvalue weighted by Crippen LogP contribution is -2.13. The highest BCUT2D eigenvalue weighted by atomic mass is 127. The third-order valence-electron chi connectivity index (χ3n) is 1.98. The van der Waals surface area contributed by atoms with Gasteiger partial charge in [-0.05, 0) is 40.8 Å². The molecular formula is C11H7ClIN3O. The van der Waals surface area contributed by atoms with Gasteiger partial charge < -0.3 is 5.32 Å². The zero-order valence-electron chi connectivity index (χ0n) is 8.52. The molecule has 0 aromatic carbocycles. The van der Waals surface area contributed by atoms with E-state index < -0.39 is 0 Å². The van der Waals surface area contributed by atoms with Crippen molar-refractivity contribution in [2.75, 3.05) is 5.32 Å². The van der Waals surface area contributed by atoms with E-state index in [1.807, 2.05) is 6.07 Å². The van der Waals surface area contributed by atoms with Gasteiger partial charge in [0.05, 0.1) is 10.6 Å². The van der Waals surface area contributed by atoms with Gasteiger partial charge in [-0.3, -0.25) is 9.78 Å². The quantitative estimate of drug-likeness (QED) is 0.839. The number of aromatic nitrogens is 2. The highest BCUT2D eigenvalue weighted by Crippen LogP contribution is 2.15. The Morgan fingerprint density at radius 2 is 2.12 bits per heavy atom. The maximum absolute atomic E-state index is 11.8. The molecule has 0 saturated carbocycles. The molecule has 2 rings (SSSR count). The van der Waals surface area contributed by atoms with Gasteiger partial charge >= 0.3 is 0 Å². The highest BCUT2D eigenvalue weighted by molar-refractivity contribution is 14.1. The first-order chi connectivity index (χ1) is 8.16. The molecule has 6 heteroatoms. The minimum absolute atomic E-state index is 0.322. The lowest BCUT2D eigenvalue weighted by atomic mass is 10.2. The molecule has 0 aliphatic carbocycles. The summed E-state index contributed by atoms with van der Waals surface area (Å²) < 4.78 is 1.00. The normalized spacial score (nSPS) is 10.0. The van der Waals surface area contributed by atoms with Crippen LogP contribution in [0.3, 0.4) is 0 Å². The van der Waals surface area contributed by atoms with Gasteiger partial charge in [0.1, 0.15) is 5.82 Å². The van der Waals surface area contributed by atoms with Crippen LogP contribution in [0.15, 0.2) is 36.8 Å². The SMILES string of the molecule is O=C(Nc1ccc(I)cn1)c1cnccc1Cl. The van der Waals surface area contributed by atoms with Crippen LogP contribution in [0.2, 0.25) is 5.02 Å². The Labute approximate surface area is 117 Å². The van der Waals surface area contributed by atoms with E-state index in [-0.39, 0.29) is 5.91 Å². The lowest BCUT2D eigenvalue weighted by molar-refractivity contribution is 0.102. The highest BCUT2D eigenvalue weighted by Gasteiger charge is 2.10. The molecule has 0 aliphatic rings. The summed E-state index contributed by atoms with van der Waals surface area (Å²) in [6.45, 7) is 0. The van der Waals surface area contributed by atoms with Crippen LogP contribution in [-0.2, 0) is 0 Å². The van der Waals surface area contributed by atoms with Gasteiger partial charge in [0.15, 0.2) is 0 Å². The second kappa shape index (κ2) is 5.42. The summed E-state index contributed by atoms with van der Waals surface area (Å²) in [4.78, 5) is 19.8. The van der Waals surface area contributed by atoms with Crippen LogP contribution in [0.1, 0.15) is 10.4 Å². The van der Waals surface area contributed by atoms with E-state index in [0.29, 0.717) is 16.4 Å². The fourth-order valence-corrected chi connectivity index (χ4v) is 1.69. The third-order valence-corrected chi connectivity index (χ3v) is 2.95. The van der Waals surface area contributed by atoms with E-state index in [0.717, 1.165) is 3.57 Å². The van der Waals surface area contributed by atoms with E-state index >= 15 is 0 Å². The Balaban J connectivity index is 2.17. The minimum atomic E-state index is -0.322. The van der Waals surface area contributed by atoms with Gasteiger partial charge in [0, 0.05) is 22.2 Å². The molecule has 0 bridgehead atoms. The van der Waals surface area contributed by atoms with Gasteiger partial charge in [-0.25, -0.2) is 4.98 Å². The first-order valence-electron chi connectivity index (χ1n) is 4.69. The monoisotopic (exact) mass is 359 g/mol. The maximum atomic E-state index is 11.8. The number of nitrogens with one attached hydrogen (secondary N) is 1. The molecule has 0 saturated heterocycles. The Morgan fingerprint density at radius 1 is 1.29 bits per heavy atom. The molecule has 2 heterocycles. The number of hydrogen-bond acceptors (Lipinski definition) is 3. The summed E-state index contributed by atoms with van der Waals surface area (Å²) in [7, 11) is 0. The van der Waals surface area contributed by atoms with E-state index in [1.54, 1.807) is 18.3 Å². The largest absolute Gasteiger partial charge is 0.306 e. The summed E-state index contributed by atoms with van der Waals surface area (Å²) in [5, 5.41) is 3.01. The Hall–Kier alpha value is -1.21. The zero-order chi connectivity index (χ0) is 12.3. The van der Waals surface area contributed by atoms with Crippen LogP contribution in [-0.4, -0.2) is 15.9 Å². The molecule has 86 valence electrons. The molecule has 1 N–H and O–H groups in total. The predicted octanol–water partition coefficient (Wildman–Crippen LogP) is 2.99. The first-order valence-corrected chi connectivity index (χ1v) is 6.15. The molecule has 4 nitrogen and oxygen atoms in total. The second-order valence-electron chi connectivity index (χ2n) is 3.17. The van der Waals surface area contributed by atoms with Crippen LogP contribution < -0.4 is 5.32 Å². The van der Waals surface area contributed by atoms with Crippen molar-refractivity contribution in [2.45, 2.75) is 0 Å².